The summed E-state index contributed by atoms with van der Waals surface area (Å²) in [6, 6.07) is 17.3. The number of carboxylic acid groups (broad SMARTS) is 1. The predicted octanol–water partition coefficient (Wildman–Crippen LogP) is 3.43. The van der Waals surface area contributed by atoms with Crippen LogP contribution in [0.25, 0.3) is 0 Å². The van der Waals surface area contributed by atoms with Crippen LogP contribution >= 0.6 is 12.4 Å². The van der Waals surface area contributed by atoms with E-state index in [2.05, 4.69) is 11.4 Å². The second-order valence-electron chi connectivity index (χ2n) is 7.31. The van der Waals surface area contributed by atoms with Crippen molar-refractivity contribution >= 4 is 18.4 Å². The fraction of sp³-hybridized carbons (Fsp3) is 0.381. The van der Waals surface area contributed by atoms with Crippen LogP contribution < -0.4 is 5.32 Å². The van der Waals surface area contributed by atoms with Crippen LogP contribution in [0.15, 0.2) is 54.6 Å². The molecule has 3 unspecified atom stereocenters. The van der Waals surface area contributed by atoms with E-state index in [1.165, 1.54) is 12.8 Å². The number of rotatable bonds is 4. The standard InChI is InChI=1S/C21H23NO3.ClH/c23-20(24)21(25,16-6-2-1-3-7-16)17-8-4-5-14(11-17)15-12-18-9-10-19(13-15)22-18;/h1-8,11,15,18-19,22,25H,9-10,12-13H2,(H,23,24);1H. The Morgan fingerprint density at radius 1 is 0.962 bits per heavy atom. The number of piperidine rings is 1. The molecule has 2 aliphatic heterocycles. The Hall–Kier alpha value is -1.88. The molecule has 4 nitrogen and oxygen atoms in total. The molecule has 2 aromatic rings. The molecule has 0 radical (unpaired) electrons. The van der Waals surface area contributed by atoms with Crippen molar-refractivity contribution in [3.63, 3.8) is 0 Å². The van der Waals surface area contributed by atoms with Crippen LogP contribution in [0.3, 0.4) is 0 Å². The summed E-state index contributed by atoms with van der Waals surface area (Å²) >= 11 is 0. The Labute approximate surface area is 159 Å². The van der Waals surface area contributed by atoms with Crippen molar-refractivity contribution in [1.82, 2.24) is 5.32 Å². The SMILES string of the molecule is Cl.O=C(O)C(O)(c1ccccc1)c1cccc(C2CC3CCC(C2)N3)c1. The summed E-state index contributed by atoms with van der Waals surface area (Å²) in [7, 11) is 0. The Morgan fingerprint density at radius 2 is 1.58 bits per heavy atom. The molecule has 5 heteroatoms. The first kappa shape index (κ1) is 18.9. The zero-order chi connectivity index (χ0) is 17.4. The third-order valence-corrected chi connectivity index (χ3v) is 5.75. The maximum Gasteiger partial charge on any atom is 0.345 e. The fourth-order valence-corrected chi connectivity index (χ4v) is 4.44. The van der Waals surface area contributed by atoms with Gasteiger partial charge >= 0.3 is 5.97 Å². The smallest absolute Gasteiger partial charge is 0.345 e. The van der Waals surface area contributed by atoms with Crippen molar-refractivity contribution < 1.29 is 15.0 Å². The number of benzene rings is 2. The number of halogens is 1. The minimum atomic E-state index is -2.02. The maximum atomic E-state index is 12.0. The largest absolute Gasteiger partial charge is 0.479 e. The summed E-state index contributed by atoms with van der Waals surface area (Å²) in [5.41, 5.74) is -0.0884. The molecule has 4 rings (SSSR count). The first-order valence-electron chi connectivity index (χ1n) is 8.95. The predicted molar refractivity (Wildman–Crippen MR) is 103 cm³/mol. The minimum Gasteiger partial charge on any atom is -0.479 e. The molecule has 138 valence electrons. The van der Waals surface area contributed by atoms with E-state index >= 15 is 0 Å². The third kappa shape index (κ3) is 3.25. The molecule has 0 spiro atoms. The fourth-order valence-electron chi connectivity index (χ4n) is 4.44. The number of hydrogen-bond acceptors (Lipinski definition) is 3. The van der Waals surface area contributed by atoms with Gasteiger partial charge in [-0.15, -0.1) is 12.4 Å². The van der Waals surface area contributed by atoms with Crippen molar-refractivity contribution in [1.29, 1.82) is 0 Å². The molecular formula is C21H24ClNO3. The van der Waals surface area contributed by atoms with Crippen molar-refractivity contribution in [2.75, 3.05) is 0 Å². The molecule has 0 saturated carbocycles. The Morgan fingerprint density at radius 3 is 2.19 bits per heavy atom. The number of aliphatic hydroxyl groups is 1. The molecule has 3 N–H and O–H groups in total. The second-order valence-corrected chi connectivity index (χ2v) is 7.31. The summed E-state index contributed by atoms with van der Waals surface area (Å²) in [5, 5.41) is 24.5. The van der Waals surface area contributed by atoms with Gasteiger partial charge in [0.05, 0.1) is 0 Å². The monoisotopic (exact) mass is 373 g/mol. The zero-order valence-electron chi connectivity index (χ0n) is 14.5. The van der Waals surface area contributed by atoms with E-state index in [1.54, 1.807) is 30.3 Å². The van der Waals surface area contributed by atoms with E-state index in [1.807, 2.05) is 18.2 Å². The maximum absolute atomic E-state index is 12.0. The van der Waals surface area contributed by atoms with Gasteiger partial charge in [-0.1, -0.05) is 54.6 Å². The van der Waals surface area contributed by atoms with Gasteiger partial charge < -0.3 is 15.5 Å². The molecule has 3 atom stereocenters. The van der Waals surface area contributed by atoms with E-state index in [0.717, 1.165) is 18.4 Å². The molecule has 0 aliphatic carbocycles. The highest BCUT2D eigenvalue weighted by Gasteiger charge is 2.41. The van der Waals surface area contributed by atoms with E-state index in [0.29, 0.717) is 29.1 Å². The number of hydrogen-bond donors (Lipinski definition) is 3. The summed E-state index contributed by atoms with van der Waals surface area (Å²) < 4.78 is 0. The lowest BCUT2D eigenvalue weighted by Gasteiger charge is -2.31. The molecule has 0 aromatic heterocycles. The molecule has 2 bridgehead atoms. The van der Waals surface area contributed by atoms with Gasteiger partial charge in [0.25, 0.3) is 0 Å². The molecule has 26 heavy (non-hydrogen) atoms. The van der Waals surface area contributed by atoms with Crippen molar-refractivity contribution in [3.8, 4) is 0 Å². The van der Waals surface area contributed by atoms with Crippen LogP contribution in [0, 0.1) is 0 Å². The van der Waals surface area contributed by atoms with Crippen LogP contribution in [-0.4, -0.2) is 28.3 Å². The van der Waals surface area contributed by atoms with Gasteiger partial charge in [0.15, 0.2) is 0 Å². The Kier molecular flexibility index (Phi) is 5.37. The number of fused-ring (bicyclic) bond motifs is 2. The van der Waals surface area contributed by atoms with E-state index in [4.69, 9.17) is 0 Å². The molecular weight excluding hydrogens is 350 g/mol. The van der Waals surface area contributed by atoms with Gasteiger partial charge in [0, 0.05) is 12.1 Å². The van der Waals surface area contributed by atoms with E-state index in [9.17, 15) is 15.0 Å². The average Bonchev–Trinajstić information content (AvgIpc) is 2.99. The van der Waals surface area contributed by atoms with Crippen molar-refractivity contribution in [2.24, 2.45) is 0 Å². The Balaban J connectivity index is 0.00000196. The lowest BCUT2D eigenvalue weighted by molar-refractivity contribution is -0.155. The molecule has 2 aromatic carbocycles. The number of carbonyl (C=O) groups is 1. The first-order valence-corrected chi connectivity index (χ1v) is 8.95. The summed E-state index contributed by atoms with van der Waals surface area (Å²) in [6.07, 6.45) is 4.61. The number of aliphatic carboxylic acids is 1. The summed E-state index contributed by atoms with van der Waals surface area (Å²) in [4.78, 5) is 12.0. The Bertz CT molecular complexity index is 770. The quantitative estimate of drug-likeness (QED) is 0.768. The topological polar surface area (TPSA) is 69.6 Å². The van der Waals surface area contributed by atoms with Crippen LogP contribution in [0.4, 0.5) is 0 Å². The molecule has 2 fully saturated rings. The number of nitrogens with one attached hydrogen (secondary N) is 1. The normalized spacial score (nSPS) is 26.6. The van der Waals surface area contributed by atoms with Crippen LogP contribution in [0.2, 0.25) is 0 Å². The third-order valence-electron chi connectivity index (χ3n) is 5.75. The van der Waals surface area contributed by atoms with Gasteiger partial charge in [-0.05, 0) is 48.3 Å². The summed E-state index contributed by atoms with van der Waals surface area (Å²) in [6.45, 7) is 0. The van der Waals surface area contributed by atoms with Gasteiger partial charge in [-0.25, -0.2) is 4.79 Å². The van der Waals surface area contributed by atoms with Gasteiger partial charge in [0.1, 0.15) is 0 Å². The van der Waals surface area contributed by atoms with Crippen LogP contribution in [-0.2, 0) is 10.4 Å². The molecule has 0 amide bonds. The summed E-state index contributed by atoms with van der Waals surface area (Å²) in [5.74, 6) is -0.825. The zero-order valence-corrected chi connectivity index (χ0v) is 15.3. The second kappa shape index (κ2) is 7.39. The minimum absolute atomic E-state index is 0. The molecule has 2 saturated heterocycles. The van der Waals surface area contributed by atoms with E-state index < -0.39 is 11.6 Å². The first-order chi connectivity index (χ1) is 12.1. The van der Waals surface area contributed by atoms with Crippen molar-refractivity contribution in [3.05, 3.63) is 71.3 Å². The van der Waals surface area contributed by atoms with Crippen molar-refractivity contribution in [2.45, 2.75) is 49.3 Å². The van der Waals surface area contributed by atoms with Gasteiger partial charge in [-0.3, -0.25) is 0 Å². The highest BCUT2D eigenvalue weighted by Crippen LogP contribution is 2.39. The van der Waals surface area contributed by atoms with Crippen LogP contribution in [0.5, 0.6) is 0 Å². The number of carboxylic acids is 1. The average molecular weight is 374 g/mol. The highest BCUT2D eigenvalue weighted by molar-refractivity contribution is 5.85. The van der Waals surface area contributed by atoms with E-state index in [-0.39, 0.29) is 12.4 Å². The highest BCUT2D eigenvalue weighted by atomic mass is 35.5. The van der Waals surface area contributed by atoms with Gasteiger partial charge in [0.2, 0.25) is 5.60 Å². The van der Waals surface area contributed by atoms with Gasteiger partial charge in [-0.2, -0.15) is 0 Å². The molecule has 2 heterocycles. The molecule has 2 aliphatic rings. The van der Waals surface area contributed by atoms with Crippen LogP contribution in [0.1, 0.15) is 48.3 Å². The lowest BCUT2D eigenvalue weighted by atomic mass is 9.81. The lowest BCUT2D eigenvalue weighted by Crippen LogP contribution is -2.38.